The second-order valence-corrected chi connectivity index (χ2v) is 6.56. The van der Waals surface area contributed by atoms with Gasteiger partial charge >= 0.3 is 0 Å². The van der Waals surface area contributed by atoms with Crippen molar-refractivity contribution in [2.75, 3.05) is 11.9 Å². The van der Waals surface area contributed by atoms with E-state index in [0.717, 1.165) is 35.8 Å². The molecule has 3 N–H and O–H groups in total. The SMILES string of the molecule is O=C(Nc1ccc(F)cc1)c1n[nH]c2ccc(-c3nnc4n3CCNC4)cc12. The molecule has 0 unspecified atom stereocenters. The standard InChI is InChI=1S/C19H16FN7O/c20-12-2-4-13(5-3-12)22-19(28)17-14-9-11(1-6-15(14)23-25-17)18-26-24-16-10-21-7-8-27(16)18/h1-6,9,21H,7-8,10H2,(H,22,28)(H,23,25). The Morgan fingerprint density at radius 3 is 2.86 bits per heavy atom. The average Bonchev–Trinajstić information content (AvgIpc) is 3.33. The zero-order valence-electron chi connectivity index (χ0n) is 14.7. The van der Waals surface area contributed by atoms with Gasteiger partial charge in [-0.25, -0.2) is 4.39 Å². The van der Waals surface area contributed by atoms with Gasteiger partial charge < -0.3 is 15.2 Å². The number of aromatic nitrogens is 5. The number of H-pyrrole nitrogens is 1. The summed E-state index contributed by atoms with van der Waals surface area (Å²) in [5.41, 5.74) is 2.37. The van der Waals surface area contributed by atoms with E-state index >= 15 is 0 Å². The van der Waals surface area contributed by atoms with E-state index in [9.17, 15) is 9.18 Å². The van der Waals surface area contributed by atoms with Crippen LogP contribution in [-0.2, 0) is 13.1 Å². The first-order valence-electron chi connectivity index (χ1n) is 8.87. The molecule has 3 heterocycles. The lowest BCUT2D eigenvalue weighted by Gasteiger charge is -2.16. The molecule has 2 aromatic carbocycles. The van der Waals surface area contributed by atoms with E-state index in [1.54, 1.807) is 0 Å². The Bertz CT molecular complexity index is 1180. The minimum Gasteiger partial charge on any atom is -0.321 e. The zero-order valence-corrected chi connectivity index (χ0v) is 14.7. The van der Waals surface area contributed by atoms with E-state index in [2.05, 4.69) is 35.6 Å². The van der Waals surface area contributed by atoms with Crippen molar-refractivity contribution in [3.8, 4) is 11.4 Å². The molecule has 2 aromatic heterocycles. The molecule has 0 spiro atoms. The molecule has 0 radical (unpaired) electrons. The van der Waals surface area contributed by atoms with Crippen molar-refractivity contribution in [1.82, 2.24) is 30.3 Å². The van der Waals surface area contributed by atoms with Gasteiger partial charge in [-0.05, 0) is 42.5 Å². The first-order valence-corrected chi connectivity index (χ1v) is 8.87. The number of halogens is 1. The summed E-state index contributed by atoms with van der Waals surface area (Å²) < 4.78 is 15.1. The number of carbonyl (C=O) groups excluding carboxylic acids is 1. The molecular formula is C19H16FN7O. The molecule has 0 saturated heterocycles. The van der Waals surface area contributed by atoms with Crippen LogP contribution in [0.5, 0.6) is 0 Å². The summed E-state index contributed by atoms with van der Waals surface area (Å²) in [4.78, 5) is 12.7. The van der Waals surface area contributed by atoms with Gasteiger partial charge in [-0.1, -0.05) is 0 Å². The molecular weight excluding hydrogens is 361 g/mol. The monoisotopic (exact) mass is 377 g/mol. The molecule has 28 heavy (non-hydrogen) atoms. The lowest BCUT2D eigenvalue weighted by molar-refractivity contribution is 0.102. The second-order valence-electron chi connectivity index (χ2n) is 6.56. The van der Waals surface area contributed by atoms with Gasteiger partial charge in [0.15, 0.2) is 11.5 Å². The third-order valence-electron chi connectivity index (χ3n) is 4.76. The highest BCUT2D eigenvalue weighted by Gasteiger charge is 2.19. The van der Waals surface area contributed by atoms with Gasteiger partial charge in [-0.2, -0.15) is 5.10 Å². The van der Waals surface area contributed by atoms with Crippen molar-refractivity contribution >= 4 is 22.5 Å². The summed E-state index contributed by atoms with van der Waals surface area (Å²) in [5, 5.41) is 22.3. The summed E-state index contributed by atoms with van der Waals surface area (Å²) in [6, 6.07) is 11.3. The van der Waals surface area contributed by atoms with E-state index < -0.39 is 0 Å². The number of rotatable bonds is 3. The molecule has 1 aliphatic rings. The molecule has 0 atom stereocenters. The Morgan fingerprint density at radius 1 is 1.14 bits per heavy atom. The van der Waals surface area contributed by atoms with Crippen molar-refractivity contribution in [1.29, 1.82) is 0 Å². The van der Waals surface area contributed by atoms with Crippen LogP contribution in [0.2, 0.25) is 0 Å². The largest absolute Gasteiger partial charge is 0.321 e. The van der Waals surface area contributed by atoms with Crippen molar-refractivity contribution < 1.29 is 9.18 Å². The maximum atomic E-state index is 13.1. The van der Waals surface area contributed by atoms with Crippen LogP contribution in [0, 0.1) is 5.82 Å². The maximum absolute atomic E-state index is 13.1. The van der Waals surface area contributed by atoms with Gasteiger partial charge in [0.25, 0.3) is 5.91 Å². The van der Waals surface area contributed by atoms with Crippen LogP contribution in [0.4, 0.5) is 10.1 Å². The first-order chi connectivity index (χ1) is 13.7. The Hall–Kier alpha value is -3.59. The molecule has 5 rings (SSSR count). The van der Waals surface area contributed by atoms with Crippen LogP contribution in [0.25, 0.3) is 22.3 Å². The molecule has 8 nitrogen and oxygen atoms in total. The number of nitrogens with one attached hydrogen (secondary N) is 3. The predicted octanol–water partition coefficient (Wildman–Crippen LogP) is 2.32. The van der Waals surface area contributed by atoms with Gasteiger partial charge in [0, 0.05) is 29.7 Å². The lowest BCUT2D eigenvalue weighted by Crippen LogP contribution is -2.28. The molecule has 0 aliphatic carbocycles. The fourth-order valence-corrected chi connectivity index (χ4v) is 3.36. The van der Waals surface area contributed by atoms with Crippen LogP contribution < -0.4 is 10.6 Å². The number of aromatic amines is 1. The van der Waals surface area contributed by atoms with Crippen molar-refractivity contribution in [3.05, 3.63) is 59.8 Å². The van der Waals surface area contributed by atoms with Crippen molar-refractivity contribution in [2.45, 2.75) is 13.1 Å². The normalized spacial score (nSPS) is 13.5. The molecule has 1 amide bonds. The Balaban J connectivity index is 1.51. The Morgan fingerprint density at radius 2 is 2.00 bits per heavy atom. The molecule has 4 aromatic rings. The maximum Gasteiger partial charge on any atom is 0.276 e. The average molecular weight is 377 g/mol. The molecule has 0 saturated carbocycles. The number of amides is 1. The Labute approximate surface area is 158 Å². The smallest absolute Gasteiger partial charge is 0.276 e. The van der Waals surface area contributed by atoms with Crippen molar-refractivity contribution in [2.24, 2.45) is 0 Å². The summed E-state index contributed by atoms with van der Waals surface area (Å²) in [6.07, 6.45) is 0. The molecule has 9 heteroatoms. The fourth-order valence-electron chi connectivity index (χ4n) is 3.36. The fraction of sp³-hybridized carbons (Fsp3) is 0.158. The van der Waals surface area contributed by atoms with Crippen molar-refractivity contribution in [3.63, 3.8) is 0 Å². The number of anilines is 1. The van der Waals surface area contributed by atoms with Gasteiger partial charge in [-0.3, -0.25) is 9.89 Å². The highest BCUT2D eigenvalue weighted by atomic mass is 19.1. The molecule has 140 valence electrons. The molecule has 0 bridgehead atoms. The third kappa shape index (κ3) is 2.81. The molecule has 1 aliphatic heterocycles. The number of nitrogens with zero attached hydrogens (tertiary/aromatic N) is 4. The quantitative estimate of drug-likeness (QED) is 0.509. The number of benzene rings is 2. The van der Waals surface area contributed by atoms with Gasteiger partial charge in [0.2, 0.25) is 0 Å². The Kier molecular flexibility index (Phi) is 3.87. The topological polar surface area (TPSA) is 101 Å². The summed E-state index contributed by atoms with van der Waals surface area (Å²) in [6.45, 7) is 2.34. The van der Waals surface area contributed by atoms with Gasteiger partial charge in [-0.15, -0.1) is 10.2 Å². The zero-order chi connectivity index (χ0) is 19.1. The van der Waals surface area contributed by atoms with Crippen LogP contribution in [0.1, 0.15) is 16.3 Å². The number of fused-ring (bicyclic) bond motifs is 2. The van der Waals surface area contributed by atoms with Crippen LogP contribution >= 0.6 is 0 Å². The first kappa shape index (κ1) is 16.6. The summed E-state index contributed by atoms with van der Waals surface area (Å²) in [7, 11) is 0. The van der Waals surface area contributed by atoms with E-state index in [-0.39, 0.29) is 17.4 Å². The lowest BCUT2D eigenvalue weighted by atomic mass is 10.1. The minimum atomic E-state index is -0.373. The highest BCUT2D eigenvalue weighted by Crippen LogP contribution is 2.26. The number of carbonyl (C=O) groups is 1. The van der Waals surface area contributed by atoms with Crippen LogP contribution in [0.15, 0.2) is 42.5 Å². The van der Waals surface area contributed by atoms with E-state index in [1.807, 2.05) is 18.2 Å². The van der Waals surface area contributed by atoms with Gasteiger partial charge in [0.05, 0.1) is 12.1 Å². The highest BCUT2D eigenvalue weighted by molar-refractivity contribution is 6.11. The minimum absolute atomic E-state index is 0.265. The van der Waals surface area contributed by atoms with Crippen LogP contribution in [0.3, 0.4) is 0 Å². The van der Waals surface area contributed by atoms with E-state index in [4.69, 9.17) is 0 Å². The summed E-state index contributed by atoms with van der Waals surface area (Å²) >= 11 is 0. The van der Waals surface area contributed by atoms with Gasteiger partial charge in [0.1, 0.15) is 11.6 Å². The summed E-state index contributed by atoms with van der Waals surface area (Å²) in [5.74, 6) is 0.925. The second kappa shape index (κ2) is 6.54. The number of hydrogen-bond acceptors (Lipinski definition) is 5. The molecule has 0 fully saturated rings. The predicted molar refractivity (Wildman–Crippen MR) is 101 cm³/mol. The van der Waals surface area contributed by atoms with E-state index in [0.29, 0.717) is 17.6 Å². The number of hydrogen-bond donors (Lipinski definition) is 3. The third-order valence-corrected chi connectivity index (χ3v) is 4.76. The van der Waals surface area contributed by atoms with Crippen LogP contribution in [-0.4, -0.2) is 37.4 Å². The van der Waals surface area contributed by atoms with E-state index in [1.165, 1.54) is 24.3 Å².